The maximum Gasteiger partial charge on any atom is 1.00 e. The molecule has 2 rings (SSSR count). The summed E-state index contributed by atoms with van der Waals surface area (Å²) < 4.78 is 42.9. The number of ether oxygens (including phenoxy) is 4. The fourth-order valence-corrected chi connectivity index (χ4v) is 4.77. The van der Waals surface area contributed by atoms with Crippen molar-refractivity contribution < 1.29 is 86.2 Å². The molecule has 1 unspecified atom stereocenters. The molecule has 0 bridgehead atoms. The summed E-state index contributed by atoms with van der Waals surface area (Å²) in [5.74, 6) is -2.27. The van der Waals surface area contributed by atoms with Gasteiger partial charge in [0.2, 0.25) is 0 Å². The van der Waals surface area contributed by atoms with E-state index in [0.717, 1.165) is 6.08 Å². The molecule has 0 aliphatic carbocycles. The van der Waals surface area contributed by atoms with Crippen LogP contribution in [-0.4, -0.2) is 60.5 Å². The van der Waals surface area contributed by atoms with Gasteiger partial charge in [-0.3, -0.25) is 18.9 Å². The first kappa shape index (κ1) is 34.7. The van der Waals surface area contributed by atoms with Crippen LogP contribution in [0.2, 0.25) is 0 Å². The van der Waals surface area contributed by atoms with Gasteiger partial charge < -0.3 is 32.9 Å². The molecule has 2 aliphatic heterocycles. The third kappa shape index (κ3) is 12.6. The molecule has 14 heteroatoms. The van der Waals surface area contributed by atoms with Crippen molar-refractivity contribution in [1.82, 2.24) is 0 Å². The number of carbonyl (C=O) groups excluding carboxylic acids is 4. The summed E-state index contributed by atoms with van der Waals surface area (Å²) in [5, 5.41) is 0. The minimum atomic E-state index is -4.72. The summed E-state index contributed by atoms with van der Waals surface area (Å²) in [6, 6.07) is 0. The molecular formula is C25H30NaO12P. The summed E-state index contributed by atoms with van der Waals surface area (Å²) in [7, 11) is -4.72. The normalized spacial score (nSPS) is 29.5. The van der Waals surface area contributed by atoms with Gasteiger partial charge in [0.15, 0.2) is 12.2 Å². The molecule has 2 heterocycles. The molecule has 1 fully saturated rings. The molecule has 6 atom stereocenters. The van der Waals surface area contributed by atoms with E-state index in [1.807, 2.05) is 0 Å². The Kier molecular flexibility index (Phi) is 14.3. The first-order chi connectivity index (χ1) is 17.8. The Morgan fingerprint density at radius 1 is 1.13 bits per heavy atom. The second-order valence-electron chi connectivity index (χ2n) is 8.39. The van der Waals surface area contributed by atoms with E-state index >= 15 is 0 Å². The van der Waals surface area contributed by atoms with Crippen LogP contribution in [0, 0.1) is 0 Å². The number of rotatable bonds is 11. The standard InChI is InChI=1S/C25H31O12P.Na/c1-17(26)32-15-9-7-5-6-8-10-20(33-18(2)27)16-23-25(4,37-38(30,31)36-23)14-13-22-21(34-19(3)28)11-12-24(29)35-22;/h5-14,20-23H,15-16H2,1-4H3,(H,30,31);/q;+1/p-1/b6-5-,9-7+,10-8-,14-13+;/t20-,21-,22-,23+,25+;/m0./s1. The van der Waals surface area contributed by atoms with Crippen molar-refractivity contribution in [3.8, 4) is 0 Å². The predicted octanol–water partition coefficient (Wildman–Crippen LogP) is -0.844. The predicted molar refractivity (Wildman–Crippen MR) is 130 cm³/mol. The summed E-state index contributed by atoms with van der Waals surface area (Å²) in [5.41, 5.74) is -1.56. The van der Waals surface area contributed by atoms with Crippen LogP contribution in [-0.2, 0) is 51.7 Å². The number of hydrogen-bond donors (Lipinski definition) is 0. The first-order valence-corrected chi connectivity index (χ1v) is 13.0. The number of hydrogen-bond acceptors (Lipinski definition) is 12. The summed E-state index contributed by atoms with van der Waals surface area (Å²) in [4.78, 5) is 57.7. The Morgan fingerprint density at radius 3 is 2.46 bits per heavy atom. The van der Waals surface area contributed by atoms with Crippen LogP contribution in [0.5, 0.6) is 0 Å². The molecule has 12 nitrogen and oxygen atoms in total. The average Bonchev–Trinajstić information content (AvgIpc) is 3.02. The number of cyclic esters (lactones) is 1. The van der Waals surface area contributed by atoms with Crippen LogP contribution in [0.3, 0.4) is 0 Å². The van der Waals surface area contributed by atoms with Gasteiger partial charge in [-0.15, -0.1) is 0 Å². The second kappa shape index (κ2) is 16.1. The monoisotopic (exact) mass is 576 g/mol. The van der Waals surface area contributed by atoms with E-state index in [1.54, 1.807) is 30.4 Å². The van der Waals surface area contributed by atoms with E-state index < -0.39 is 61.7 Å². The van der Waals surface area contributed by atoms with Gasteiger partial charge in [-0.2, -0.15) is 0 Å². The minimum Gasteiger partial charge on any atom is -0.756 e. The zero-order valence-electron chi connectivity index (χ0n) is 22.3. The number of phosphoric acid groups is 1. The Balaban J connectivity index is 0.00000760. The molecular weight excluding hydrogens is 546 g/mol. The molecule has 0 amide bonds. The third-order valence-corrected chi connectivity index (χ3v) is 6.19. The number of phosphoric ester groups is 1. The molecule has 208 valence electrons. The molecule has 1 saturated heterocycles. The molecule has 0 aromatic rings. The van der Waals surface area contributed by atoms with E-state index in [4.69, 9.17) is 28.0 Å². The van der Waals surface area contributed by atoms with Crippen LogP contribution >= 0.6 is 7.82 Å². The van der Waals surface area contributed by atoms with Crippen molar-refractivity contribution >= 4 is 31.7 Å². The zero-order chi connectivity index (χ0) is 28.3. The largest absolute Gasteiger partial charge is 1.00 e. The van der Waals surface area contributed by atoms with E-state index in [1.165, 1.54) is 52.0 Å². The van der Waals surface area contributed by atoms with E-state index in [0.29, 0.717) is 0 Å². The van der Waals surface area contributed by atoms with Crippen molar-refractivity contribution in [3.05, 3.63) is 60.8 Å². The van der Waals surface area contributed by atoms with Gasteiger partial charge in [0.25, 0.3) is 7.82 Å². The Bertz CT molecular complexity index is 1090. The molecule has 0 N–H and O–H groups in total. The van der Waals surface area contributed by atoms with Gasteiger partial charge in [0.1, 0.15) is 24.4 Å². The molecule has 0 aromatic carbocycles. The summed E-state index contributed by atoms with van der Waals surface area (Å²) in [6.45, 7) is 5.27. The molecule has 0 saturated carbocycles. The number of esters is 4. The van der Waals surface area contributed by atoms with E-state index in [2.05, 4.69) is 0 Å². The summed E-state index contributed by atoms with van der Waals surface area (Å²) in [6.07, 6.45) is 10.8. The van der Waals surface area contributed by atoms with Gasteiger partial charge in [0.05, 0.1) is 0 Å². The Morgan fingerprint density at radius 2 is 1.82 bits per heavy atom. The van der Waals surface area contributed by atoms with Crippen LogP contribution in [0.15, 0.2) is 60.8 Å². The maximum atomic E-state index is 12.2. The Labute approximate surface area is 248 Å². The molecule has 39 heavy (non-hydrogen) atoms. The van der Waals surface area contributed by atoms with E-state index in [-0.39, 0.29) is 42.6 Å². The average molecular weight is 576 g/mol. The fraction of sp³-hybridized carbons (Fsp3) is 0.440. The van der Waals surface area contributed by atoms with Crippen molar-refractivity contribution in [1.29, 1.82) is 0 Å². The molecule has 0 spiro atoms. The van der Waals surface area contributed by atoms with Crippen molar-refractivity contribution in [2.24, 2.45) is 0 Å². The van der Waals surface area contributed by atoms with Crippen molar-refractivity contribution in [2.75, 3.05) is 6.61 Å². The van der Waals surface area contributed by atoms with Gasteiger partial charge in [-0.1, -0.05) is 30.4 Å². The van der Waals surface area contributed by atoms with Gasteiger partial charge in [-0.05, 0) is 31.2 Å². The SMILES string of the molecule is CC(=O)OC/C=C/C=C\C=C/[C@@H](C[C@H]1OP(=O)([O-])O[C@]1(C)/C=C/[C@@H]1OC(=O)C=C[C@@H]1OC(C)=O)OC(C)=O.[Na+]. The fourth-order valence-electron chi connectivity index (χ4n) is 3.46. The third-order valence-electron chi connectivity index (χ3n) is 5.06. The number of allylic oxidation sites excluding steroid dienone is 4. The maximum absolute atomic E-state index is 12.2. The van der Waals surface area contributed by atoms with Gasteiger partial charge in [-0.25, -0.2) is 4.79 Å². The smallest absolute Gasteiger partial charge is 0.756 e. The van der Waals surface area contributed by atoms with E-state index in [9.17, 15) is 28.6 Å². The van der Waals surface area contributed by atoms with Crippen LogP contribution < -0.4 is 34.5 Å². The second-order valence-corrected chi connectivity index (χ2v) is 9.68. The topological polar surface area (TPSA) is 164 Å². The minimum absolute atomic E-state index is 0. The van der Waals surface area contributed by atoms with Gasteiger partial charge in [0, 0.05) is 33.3 Å². The zero-order valence-corrected chi connectivity index (χ0v) is 25.2. The summed E-state index contributed by atoms with van der Waals surface area (Å²) >= 11 is 0. The number of carbonyl (C=O) groups is 4. The molecule has 0 aromatic heterocycles. The molecule has 0 radical (unpaired) electrons. The van der Waals surface area contributed by atoms with Crippen LogP contribution in [0.25, 0.3) is 0 Å². The first-order valence-electron chi connectivity index (χ1n) is 11.6. The van der Waals surface area contributed by atoms with Crippen molar-refractivity contribution in [2.45, 2.75) is 64.1 Å². The van der Waals surface area contributed by atoms with Crippen molar-refractivity contribution in [3.63, 3.8) is 0 Å². The van der Waals surface area contributed by atoms with Gasteiger partial charge >= 0.3 is 53.4 Å². The quantitative estimate of drug-likeness (QED) is 0.0749. The molecule has 2 aliphatic rings. The van der Waals surface area contributed by atoms with Crippen LogP contribution in [0.4, 0.5) is 0 Å². The Hall–Kier alpha value is -2.31. The van der Waals surface area contributed by atoms with Crippen LogP contribution in [0.1, 0.15) is 34.1 Å².